The van der Waals surface area contributed by atoms with Crippen LogP contribution in [0.15, 0.2) is 53.9 Å². The maximum absolute atomic E-state index is 13.6. The van der Waals surface area contributed by atoms with Crippen LogP contribution < -0.4 is 9.47 Å². The van der Waals surface area contributed by atoms with Gasteiger partial charge < -0.3 is 19.3 Å². The first kappa shape index (κ1) is 22.4. The van der Waals surface area contributed by atoms with Crippen molar-refractivity contribution in [1.82, 2.24) is 9.80 Å². The lowest BCUT2D eigenvalue weighted by Gasteiger charge is -2.28. The topological polar surface area (TPSA) is 59.1 Å². The molecule has 176 valence electrons. The zero-order valence-electron chi connectivity index (χ0n) is 18.8. The Morgan fingerprint density at radius 3 is 2.50 bits per heavy atom. The highest BCUT2D eigenvalue weighted by Crippen LogP contribution is 2.33. The number of hydrogen-bond acceptors (Lipinski definition) is 5. The first-order valence-electron chi connectivity index (χ1n) is 11.2. The first-order valence-corrected chi connectivity index (χ1v) is 12.1. The largest absolute Gasteiger partial charge is 0.454 e. The molecule has 8 heteroatoms. The number of amides is 2. The smallest absolute Gasteiger partial charge is 0.254 e. The summed E-state index contributed by atoms with van der Waals surface area (Å²) in [6.45, 7) is 3.05. The third-order valence-corrected chi connectivity index (χ3v) is 7.12. The number of rotatable bonds is 8. The van der Waals surface area contributed by atoms with Crippen LogP contribution in [0.25, 0.3) is 0 Å². The number of nitrogens with zero attached hydrogens (tertiary/aromatic N) is 2. The first-order chi connectivity index (χ1) is 16.5. The SMILES string of the molecule is Cc1ccsc1CN(Cc1ccc2c(c1)OCO2)C(=O)CN(C(=O)c1ccc(F)cc1)C1CC1. The van der Waals surface area contributed by atoms with Gasteiger partial charge in [-0.3, -0.25) is 9.59 Å². The molecule has 2 aliphatic rings. The van der Waals surface area contributed by atoms with Gasteiger partial charge in [0.1, 0.15) is 12.4 Å². The maximum atomic E-state index is 13.6. The van der Waals surface area contributed by atoms with Crippen LogP contribution in [0.3, 0.4) is 0 Å². The summed E-state index contributed by atoms with van der Waals surface area (Å²) in [6, 6.07) is 13.2. The molecule has 0 saturated heterocycles. The highest BCUT2D eigenvalue weighted by molar-refractivity contribution is 7.10. The lowest BCUT2D eigenvalue weighted by atomic mass is 10.1. The Bertz CT molecular complexity index is 1210. The third-order valence-electron chi connectivity index (χ3n) is 6.11. The molecule has 5 rings (SSSR count). The van der Waals surface area contributed by atoms with Crippen LogP contribution in [-0.4, -0.2) is 41.0 Å². The van der Waals surface area contributed by atoms with E-state index < -0.39 is 5.82 Å². The van der Waals surface area contributed by atoms with Crippen LogP contribution >= 0.6 is 11.3 Å². The van der Waals surface area contributed by atoms with E-state index in [1.165, 1.54) is 24.3 Å². The van der Waals surface area contributed by atoms with Gasteiger partial charge in [-0.25, -0.2) is 4.39 Å². The quantitative estimate of drug-likeness (QED) is 0.467. The van der Waals surface area contributed by atoms with Crippen molar-refractivity contribution >= 4 is 23.2 Å². The van der Waals surface area contributed by atoms with Crippen LogP contribution in [0.5, 0.6) is 11.5 Å². The molecule has 1 aromatic heterocycles. The molecule has 6 nitrogen and oxygen atoms in total. The average molecular weight is 481 g/mol. The van der Waals surface area contributed by atoms with Crippen molar-refractivity contribution in [1.29, 1.82) is 0 Å². The molecule has 0 bridgehead atoms. The molecule has 0 radical (unpaired) electrons. The Labute approximate surface area is 201 Å². The summed E-state index contributed by atoms with van der Waals surface area (Å²) in [6.07, 6.45) is 1.73. The van der Waals surface area contributed by atoms with Crippen molar-refractivity contribution in [3.63, 3.8) is 0 Å². The van der Waals surface area contributed by atoms with E-state index in [1.807, 2.05) is 36.6 Å². The molecule has 1 fully saturated rings. The monoisotopic (exact) mass is 480 g/mol. The van der Waals surface area contributed by atoms with E-state index in [1.54, 1.807) is 21.1 Å². The molecule has 2 aromatic carbocycles. The Balaban J connectivity index is 1.37. The minimum absolute atomic E-state index is 0.0180. The number of carbonyl (C=O) groups is 2. The van der Waals surface area contributed by atoms with Crippen molar-refractivity contribution in [3.8, 4) is 11.5 Å². The molecule has 2 amide bonds. The molecule has 34 heavy (non-hydrogen) atoms. The second-order valence-electron chi connectivity index (χ2n) is 8.64. The minimum Gasteiger partial charge on any atom is -0.454 e. The maximum Gasteiger partial charge on any atom is 0.254 e. The van der Waals surface area contributed by atoms with Gasteiger partial charge in [-0.15, -0.1) is 11.3 Å². The van der Waals surface area contributed by atoms with Crippen LogP contribution in [0.2, 0.25) is 0 Å². The third kappa shape index (κ3) is 4.92. The normalized spacial score (nSPS) is 14.2. The summed E-state index contributed by atoms with van der Waals surface area (Å²) in [5.74, 6) is 0.592. The number of aryl methyl sites for hydroxylation is 1. The second-order valence-corrected chi connectivity index (χ2v) is 9.64. The van der Waals surface area contributed by atoms with Crippen LogP contribution in [0.4, 0.5) is 4.39 Å². The number of carbonyl (C=O) groups excluding carboxylic acids is 2. The molecule has 0 atom stereocenters. The number of halogens is 1. The number of thiophene rings is 1. The van der Waals surface area contributed by atoms with Gasteiger partial charge in [0.15, 0.2) is 11.5 Å². The number of hydrogen-bond donors (Lipinski definition) is 0. The fourth-order valence-electron chi connectivity index (χ4n) is 3.99. The van der Waals surface area contributed by atoms with Crippen molar-refractivity contribution in [2.45, 2.75) is 38.9 Å². The average Bonchev–Trinajstić information content (AvgIpc) is 3.43. The Hall–Kier alpha value is -3.39. The number of ether oxygens (including phenoxy) is 2. The van der Waals surface area contributed by atoms with E-state index in [0.29, 0.717) is 30.2 Å². The highest BCUT2D eigenvalue weighted by Gasteiger charge is 2.35. The molecule has 0 N–H and O–H groups in total. The van der Waals surface area contributed by atoms with Gasteiger partial charge in [0.2, 0.25) is 12.7 Å². The molecule has 0 spiro atoms. The summed E-state index contributed by atoms with van der Waals surface area (Å²) in [7, 11) is 0. The fraction of sp³-hybridized carbons (Fsp3) is 0.308. The van der Waals surface area contributed by atoms with E-state index in [0.717, 1.165) is 28.8 Å². The predicted octanol–water partition coefficient (Wildman–Crippen LogP) is 4.76. The molecule has 1 saturated carbocycles. The summed E-state index contributed by atoms with van der Waals surface area (Å²) < 4.78 is 24.2. The van der Waals surface area contributed by atoms with Gasteiger partial charge in [0, 0.05) is 23.0 Å². The molecule has 3 aromatic rings. The lowest BCUT2D eigenvalue weighted by Crippen LogP contribution is -2.43. The summed E-state index contributed by atoms with van der Waals surface area (Å²) in [4.78, 5) is 31.2. The zero-order valence-corrected chi connectivity index (χ0v) is 19.6. The molecule has 1 aliphatic heterocycles. The summed E-state index contributed by atoms with van der Waals surface area (Å²) >= 11 is 1.61. The molecular formula is C26H25FN2O4S. The van der Waals surface area contributed by atoms with E-state index >= 15 is 0 Å². The van der Waals surface area contributed by atoms with Crippen molar-refractivity contribution in [3.05, 3.63) is 81.3 Å². The van der Waals surface area contributed by atoms with Gasteiger partial charge in [-0.2, -0.15) is 0 Å². The lowest BCUT2D eigenvalue weighted by molar-refractivity contribution is -0.133. The summed E-state index contributed by atoms with van der Waals surface area (Å²) in [5.41, 5.74) is 2.45. The van der Waals surface area contributed by atoms with Crippen LogP contribution in [0.1, 0.15) is 39.2 Å². The van der Waals surface area contributed by atoms with Crippen LogP contribution in [-0.2, 0) is 17.9 Å². The number of benzene rings is 2. The van der Waals surface area contributed by atoms with E-state index in [-0.39, 0.29) is 31.2 Å². The Morgan fingerprint density at radius 1 is 1.03 bits per heavy atom. The van der Waals surface area contributed by atoms with E-state index in [9.17, 15) is 14.0 Å². The fourth-order valence-corrected chi connectivity index (χ4v) is 4.91. The second kappa shape index (κ2) is 9.46. The number of fused-ring (bicyclic) bond motifs is 1. The zero-order chi connectivity index (χ0) is 23.7. The van der Waals surface area contributed by atoms with E-state index in [2.05, 4.69) is 0 Å². The van der Waals surface area contributed by atoms with Gasteiger partial charge in [-0.1, -0.05) is 6.07 Å². The Kier molecular flexibility index (Phi) is 6.24. The highest BCUT2D eigenvalue weighted by atomic mass is 32.1. The summed E-state index contributed by atoms with van der Waals surface area (Å²) in [5, 5.41) is 2.02. The van der Waals surface area contributed by atoms with Crippen molar-refractivity contribution in [2.24, 2.45) is 0 Å². The van der Waals surface area contributed by atoms with Crippen LogP contribution in [0, 0.1) is 12.7 Å². The molecule has 1 aliphatic carbocycles. The van der Waals surface area contributed by atoms with Gasteiger partial charge in [0.25, 0.3) is 5.91 Å². The van der Waals surface area contributed by atoms with Gasteiger partial charge in [-0.05, 0) is 78.7 Å². The van der Waals surface area contributed by atoms with Gasteiger partial charge >= 0.3 is 0 Å². The molecule has 2 heterocycles. The van der Waals surface area contributed by atoms with E-state index in [4.69, 9.17) is 9.47 Å². The van der Waals surface area contributed by atoms with Crippen molar-refractivity contribution in [2.75, 3.05) is 13.3 Å². The van der Waals surface area contributed by atoms with Gasteiger partial charge in [0.05, 0.1) is 6.54 Å². The Morgan fingerprint density at radius 2 is 1.79 bits per heavy atom. The van der Waals surface area contributed by atoms with Crippen molar-refractivity contribution < 1.29 is 23.5 Å². The standard InChI is InChI=1S/C26H25FN2O4S/c1-17-10-11-34-24(17)14-28(13-18-2-9-22-23(12-18)33-16-32-22)25(30)15-29(21-7-8-21)26(31)19-3-5-20(27)6-4-19/h2-6,9-12,21H,7-8,13-16H2,1H3. The predicted molar refractivity (Wildman–Crippen MR) is 126 cm³/mol. The molecule has 0 unspecified atom stereocenters. The molecular weight excluding hydrogens is 455 g/mol. The minimum atomic E-state index is -0.396.